The minimum atomic E-state index is 0.610. The van der Waals surface area contributed by atoms with Crippen LogP contribution >= 0.6 is 15.9 Å². The molecule has 7 heteroatoms. The third-order valence-electron chi connectivity index (χ3n) is 2.73. The van der Waals surface area contributed by atoms with E-state index in [4.69, 9.17) is 4.74 Å². The first-order valence-electron chi connectivity index (χ1n) is 6.65. The molecule has 2 rings (SSSR count). The number of benzene rings is 1. The van der Waals surface area contributed by atoms with Gasteiger partial charge in [-0.2, -0.15) is 0 Å². The maximum absolute atomic E-state index is 5.62. The lowest BCUT2D eigenvalue weighted by molar-refractivity contribution is 0.337. The lowest BCUT2D eigenvalue weighted by Crippen LogP contribution is -2.09. The van der Waals surface area contributed by atoms with Crippen LogP contribution in [0.2, 0.25) is 0 Å². The average molecular weight is 340 g/mol. The average Bonchev–Trinajstić information content (AvgIpc) is 2.87. The Bertz CT molecular complexity index is 557. The summed E-state index contributed by atoms with van der Waals surface area (Å²) in [7, 11) is 0. The van der Waals surface area contributed by atoms with E-state index in [9.17, 15) is 0 Å². The molecule has 0 atom stereocenters. The van der Waals surface area contributed by atoms with Crippen molar-refractivity contribution in [3.05, 3.63) is 28.2 Å². The summed E-state index contributed by atoms with van der Waals surface area (Å²) in [5, 5.41) is 14.9. The predicted molar refractivity (Wildman–Crippen MR) is 80.7 cm³/mol. The first-order valence-corrected chi connectivity index (χ1v) is 7.45. The molecule has 1 N–H and O–H groups in total. The van der Waals surface area contributed by atoms with Crippen molar-refractivity contribution in [1.29, 1.82) is 0 Å². The van der Waals surface area contributed by atoms with Crippen LogP contribution in [0.15, 0.2) is 22.7 Å². The molecular formula is C13H18BrN5O. The van der Waals surface area contributed by atoms with Crippen LogP contribution in [0.4, 0.5) is 5.95 Å². The number of halogens is 1. The second kappa shape index (κ2) is 7.23. The number of aromatic nitrogens is 4. The van der Waals surface area contributed by atoms with Gasteiger partial charge in [-0.05, 0) is 42.0 Å². The van der Waals surface area contributed by atoms with Crippen LogP contribution in [0.3, 0.4) is 0 Å². The second-order valence-electron chi connectivity index (χ2n) is 4.26. The van der Waals surface area contributed by atoms with Crippen LogP contribution < -0.4 is 10.1 Å². The number of hydrogen-bond acceptors (Lipinski definition) is 5. The topological polar surface area (TPSA) is 64.9 Å². The Labute approximate surface area is 126 Å². The van der Waals surface area contributed by atoms with E-state index in [0.717, 1.165) is 28.8 Å². The van der Waals surface area contributed by atoms with Gasteiger partial charge in [0.2, 0.25) is 5.95 Å². The molecule has 0 aliphatic rings. The van der Waals surface area contributed by atoms with Gasteiger partial charge in [-0.3, -0.25) is 0 Å². The van der Waals surface area contributed by atoms with E-state index in [2.05, 4.69) is 43.7 Å². The fourth-order valence-corrected chi connectivity index (χ4v) is 2.26. The Balaban J connectivity index is 2.09. The van der Waals surface area contributed by atoms with Gasteiger partial charge < -0.3 is 10.1 Å². The fraction of sp³-hybridized carbons (Fsp3) is 0.462. The number of nitrogens with one attached hydrogen (secondary N) is 1. The summed E-state index contributed by atoms with van der Waals surface area (Å²) in [5.41, 5.74) is 1.06. The Kier molecular flexibility index (Phi) is 5.34. The van der Waals surface area contributed by atoms with E-state index in [1.165, 1.54) is 0 Å². The Hall–Kier alpha value is -1.63. The van der Waals surface area contributed by atoms with E-state index >= 15 is 0 Å². The third-order valence-corrected chi connectivity index (χ3v) is 3.22. The number of ether oxygens (including phenoxy) is 1. The van der Waals surface area contributed by atoms with Crippen LogP contribution in [0.25, 0.3) is 0 Å². The molecule has 1 heterocycles. The summed E-state index contributed by atoms with van der Waals surface area (Å²) in [6.07, 6.45) is 0.987. The van der Waals surface area contributed by atoms with E-state index < -0.39 is 0 Å². The standard InChI is InChI=1S/C13H18BrN5O/c1-3-7-19-13(16-17-18-19)15-9-10-8-11(14)5-6-12(10)20-4-2/h5-6,8H,3-4,7,9H2,1-2H3,(H,15,16,18). The van der Waals surface area contributed by atoms with Gasteiger partial charge in [0.25, 0.3) is 0 Å². The highest BCUT2D eigenvalue weighted by Crippen LogP contribution is 2.24. The Morgan fingerprint density at radius 2 is 2.20 bits per heavy atom. The summed E-state index contributed by atoms with van der Waals surface area (Å²) < 4.78 is 8.40. The summed E-state index contributed by atoms with van der Waals surface area (Å²) in [5.74, 6) is 1.55. The molecule has 0 fully saturated rings. The van der Waals surface area contributed by atoms with Gasteiger partial charge in [0.05, 0.1) is 6.61 Å². The molecule has 0 unspecified atom stereocenters. The van der Waals surface area contributed by atoms with Crippen molar-refractivity contribution in [2.24, 2.45) is 0 Å². The van der Waals surface area contributed by atoms with Crippen molar-refractivity contribution >= 4 is 21.9 Å². The summed E-state index contributed by atoms with van der Waals surface area (Å²) in [6.45, 7) is 6.11. The maximum Gasteiger partial charge on any atom is 0.243 e. The normalized spacial score (nSPS) is 10.6. The summed E-state index contributed by atoms with van der Waals surface area (Å²) >= 11 is 3.48. The fourth-order valence-electron chi connectivity index (χ4n) is 1.85. The zero-order valence-corrected chi connectivity index (χ0v) is 13.2. The van der Waals surface area contributed by atoms with Gasteiger partial charge in [-0.1, -0.05) is 28.0 Å². The van der Waals surface area contributed by atoms with Crippen molar-refractivity contribution in [2.45, 2.75) is 33.4 Å². The highest BCUT2D eigenvalue weighted by molar-refractivity contribution is 9.10. The molecule has 108 valence electrons. The lowest BCUT2D eigenvalue weighted by atomic mass is 10.2. The van der Waals surface area contributed by atoms with E-state index in [-0.39, 0.29) is 0 Å². The molecule has 1 aromatic carbocycles. The number of rotatable bonds is 7. The van der Waals surface area contributed by atoms with Crippen molar-refractivity contribution < 1.29 is 4.74 Å². The van der Waals surface area contributed by atoms with Crippen molar-refractivity contribution in [2.75, 3.05) is 11.9 Å². The molecule has 0 aliphatic heterocycles. The van der Waals surface area contributed by atoms with Crippen LogP contribution in [-0.4, -0.2) is 26.8 Å². The molecule has 0 amide bonds. The minimum Gasteiger partial charge on any atom is -0.494 e. The first kappa shape index (κ1) is 14.8. The van der Waals surface area contributed by atoms with Crippen LogP contribution in [0.5, 0.6) is 5.75 Å². The highest BCUT2D eigenvalue weighted by Gasteiger charge is 2.08. The van der Waals surface area contributed by atoms with E-state index in [1.807, 2.05) is 25.1 Å². The largest absolute Gasteiger partial charge is 0.494 e. The number of aryl methyl sites for hydroxylation is 1. The maximum atomic E-state index is 5.62. The third kappa shape index (κ3) is 3.69. The SMILES string of the molecule is CCCn1nnnc1NCc1cc(Br)ccc1OCC. The van der Waals surface area contributed by atoms with Crippen molar-refractivity contribution in [1.82, 2.24) is 20.2 Å². The zero-order valence-electron chi connectivity index (χ0n) is 11.6. The molecule has 0 spiro atoms. The molecule has 0 aliphatic carbocycles. The van der Waals surface area contributed by atoms with Crippen LogP contribution in [-0.2, 0) is 13.1 Å². The number of hydrogen-bond donors (Lipinski definition) is 1. The Morgan fingerprint density at radius 3 is 2.95 bits per heavy atom. The molecule has 1 aromatic heterocycles. The summed E-state index contributed by atoms with van der Waals surface area (Å²) in [4.78, 5) is 0. The second-order valence-corrected chi connectivity index (χ2v) is 5.18. The quantitative estimate of drug-likeness (QED) is 0.840. The first-order chi connectivity index (χ1) is 9.74. The van der Waals surface area contributed by atoms with Gasteiger partial charge in [0.15, 0.2) is 0 Å². The smallest absolute Gasteiger partial charge is 0.243 e. The number of nitrogens with zero attached hydrogens (tertiary/aromatic N) is 4. The molecular weight excluding hydrogens is 322 g/mol. The van der Waals surface area contributed by atoms with E-state index in [0.29, 0.717) is 19.1 Å². The molecule has 0 saturated carbocycles. The lowest BCUT2D eigenvalue weighted by Gasteiger charge is -2.12. The molecule has 0 radical (unpaired) electrons. The monoisotopic (exact) mass is 339 g/mol. The predicted octanol–water partition coefficient (Wildman–Crippen LogP) is 2.86. The molecule has 2 aromatic rings. The van der Waals surface area contributed by atoms with Gasteiger partial charge in [-0.25, -0.2) is 4.68 Å². The van der Waals surface area contributed by atoms with Gasteiger partial charge in [-0.15, -0.1) is 0 Å². The summed E-state index contributed by atoms with van der Waals surface area (Å²) in [6, 6.07) is 5.96. The molecule has 0 bridgehead atoms. The van der Waals surface area contributed by atoms with Crippen LogP contribution in [0.1, 0.15) is 25.8 Å². The van der Waals surface area contributed by atoms with E-state index in [1.54, 1.807) is 4.68 Å². The molecule has 0 saturated heterocycles. The Morgan fingerprint density at radius 1 is 1.35 bits per heavy atom. The number of anilines is 1. The molecule has 20 heavy (non-hydrogen) atoms. The highest BCUT2D eigenvalue weighted by atomic mass is 79.9. The molecule has 6 nitrogen and oxygen atoms in total. The van der Waals surface area contributed by atoms with Crippen LogP contribution in [0, 0.1) is 0 Å². The minimum absolute atomic E-state index is 0.610. The number of tetrazole rings is 1. The van der Waals surface area contributed by atoms with Gasteiger partial charge in [0, 0.05) is 23.1 Å². The van der Waals surface area contributed by atoms with Crippen molar-refractivity contribution in [3.8, 4) is 5.75 Å². The van der Waals surface area contributed by atoms with Crippen molar-refractivity contribution in [3.63, 3.8) is 0 Å². The zero-order chi connectivity index (χ0) is 14.4. The van der Waals surface area contributed by atoms with Gasteiger partial charge >= 0.3 is 0 Å². The van der Waals surface area contributed by atoms with Gasteiger partial charge in [0.1, 0.15) is 5.75 Å².